The number of terminal acetylenes is 1. The van der Waals surface area contributed by atoms with Gasteiger partial charge in [-0.3, -0.25) is 9.59 Å². The Morgan fingerprint density at radius 1 is 1.32 bits per heavy atom. The second-order valence-electron chi connectivity index (χ2n) is 5.58. The van der Waals surface area contributed by atoms with Gasteiger partial charge in [-0.15, -0.1) is 6.42 Å². The molecule has 1 aromatic carbocycles. The summed E-state index contributed by atoms with van der Waals surface area (Å²) in [6.07, 6.45) is 7.61. The minimum atomic E-state index is -0.335. The second kappa shape index (κ2) is 8.50. The molecule has 0 saturated heterocycles. The van der Waals surface area contributed by atoms with Crippen molar-refractivity contribution in [1.29, 1.82) is 0 Å². The Labute approximate surface area is 152 Å². The topological polar surface area (TPSA) is 55.2 Å². The lowest BCUT2D eigenvalue weighted by Gasteiger charge is -2.26. The highest BCUT2D eigenvalue weighted by atomic mass is 35.5. The van der Waals surface area contributed by atoms with Crippen molar-refractivity contribution >= 4 is 23.3 Å². The van der Waals surface area contributed by atoms with Crippen molar-refractivity contribution in [3.8, 4) is 12.3 Å². The summed E-state index contributed by atoms with van der Waals surface area (Å²) in [6, 6.07) is 7.91. The van der Waals surface area contributed by atoms with Crippen LogP contribution >= 0.6 is 11.6 Å². The van der Waals surface area contributed by atoms with Crippen molar-refractivity contribution in [2.75, 3.05) is 6.54 Å². The number of rotatable bonds is 2. The average Bonchev–Trinajstić information content (AvgIpc) is 3.05. The molecule has 1 aliphatic rings. The molecule has 0 unspecified atom stereocenters. The fourth-order valence-corrected chi connectivity index (χ4v) is 2.86. The Hall–Kier alpha value is -2.58. The first-order chi connectivity index (χ1) is 12.0. The normalized spacial score (nSPS) is 12.5. The number of halogens is 1. The molecule has 2 heterocycles. The lowest BCUT2D eigenvalue weighted by molar-refractivity contribution is -0.126. The molecule has 0 bridgehead atoms. The highest BCUT2D eigenvalue weighted by Gasteiger charge is 2.23. The van der Waals surface area contributed by atoms with Gasteiger partial charge in [0.1, 0.15) is 11.5 Å². The number of benzene rings is 1. The molecule has 6 heteroatoms. The smallest absolute Gasteiger partial charge is 0.298 e. The van der Waals surface area contributed by atoms with Crippen LogP contribution in [0.25, 0.3) is 0 Å². The van der Waals surface area contributed by atoms with Gasteiger partial charge in [0.15, 0.2) is 5.78 Å². The van der Waals surface area contributed by atoms with Gasteiger partial charge in [-0.2, -0.15) is 0 Å². The molecule has 0 fully saturated rings. The van der Waals surface area contributed by atoms with Crippen molar-refractivity contribution in [1.82, 2.24) is 14.5 Å². The van der Waals surface area contributed by atoms with Crippen molar-refractivity contribution in [2.24, 2.45) is 0 Å². The summed E-state index contributed by atoms with van der Waals surface area (Å²) in [7, 11) is 0. The maximum atomic E-state index is 11.3. The fraction of sp³-hybridized carbons (Fsp3) is 0.316. The number of imidazole rings is 1. The van der Waals surface area contributed by atoms with E-state index in [-0.39, 0.29) is 11.7 Å². The molecule has 2 aromatic rings. The molecular weight excluding hydrogens is 338 g/mol. The van der Waals surface area contributed by atoms with Gasteiger partial charge in [0.2, 0.25) is 0 Å². The number of nitrogens with zero attached hydrogens (tertiary/aromatic N) is 3. The van der Waals surface area contributed by atoms with Gasteiger partial charge in [0.05, 0.1) is 12.7 Å². The highest BCUT2D eigenvalue weighted by Crippen LogP contribution is 2.15. The van der Waals surface area contributed by atoms with E-state index >= 15 is 0 Å². The van der Waals surface area contributed by atoms with Crippen LogP contribution in [-0.2, 0) is 24.3 Å². The Balaban J connectivity index is 0.000000212. The van der Waals surface area contributed by atoms with E-state index in [1.165, 1.54) is 12.5 Å². The van der Waals surface area contributed by atoms with Gasteiger partial charge < -0.3 is 9.47 Å². The summed E-state index contributed by atoms with van der Waals surface area (Å²) in [5.41, 5.74) is 1.81. The summed E-state index contributed by atoms with van der Waals surface area (Å²) in [5, 5.41) is 0.875. The first kappa shape index (κ1) is 18.8. The minimum absolute atomic E-state index is 0.0181. The van der Waals surface area contributed by atoms with E-state index in [9.17, 15) is 9.59 Å². The molecule has 1 aliphatic heterocycles. The Bertz CT molecular complexity index is 820. The lowest BCUT2D eigenvalue weighted by atomic mass is 10.2. The van der Waals surface area contributed by atoms with Crippen molar-refractivity contribution in [2.45, 2.75) is 33.4 Å². The third kappa shape index (κ3) is 4.49. The molecule has 1 aromatic heterocycles. The third-order valence-corrected chi connectivity index (χ3v) is 4.34. The number of ketones is 1. The number of carbonyl (C=O) groups excluding carboxylic acids is 2. The van der Waals surface area contributed by atoms with Crippen LogP contribution in [0.5, 0.6) is 0 Å². The summed E-state index contributed by atoms with van der Waals surface area (Å²) < 4.78 is 1.84. The minimum Gasteiger partial charge on any atom is -0.323 e. The first-order valence-electron chi connectivity index (χ1n) is 8.02. The van der Waals surface area contributed by atoms with Crippen LogP contribution in [0.2, 0.25) is 5.02 Å². The van der Waals surface area contributed by atoms with Gasteiger partial charge in [-0.1, -0.05) is 36.7 Å². The Morgan fingerprint density at radius 3 is 2.60 bits per heavy atom. The first-order valence-corrected chi connectivity index (χ1v) is 8.40. The van der Waals surface area contributed by atoms with Crippen LogP contribution in [-0.4, -0.2) is 32.7 Å². The van der Waals surface area contributed by atoms with Crippen molar-refractivity contribution < 1.29 is 9.59 Å². The van der Waals surface area contributed by atoms with Crippen LogP contribution in [0.3, 0.4) is 0 Å². The predicted molar refractivity (Wildman–Crippen MR) is 97.3 cm³/mol. The highest BCUT2D eigenvalue weighted by molar-refractivity contribution is 6.31. The number of hydrogen-bond acceptors (Lipinski definition) is 3. The van der Waals surface area contributed by atoms with Crippen LogP contribution in [0.1, 0.15) is 35.7 Å². The third-order valence-electron chi connectivity index (χ3n) is 3.97. The van der Waals surface area contributed by atoms with Gasteiger partial charge in [0, 0.05) is 25.0 Å². The Morgan fingerprint density at radius 2 is 2.04 bits per heavy atom. The molecule has 0 N–H and O–H groups in total. The zero-order chi connectivity index (χ0) is 18.4. The number of hydrogen-bond donors (Lipinski definition) is 0. The molecule has 25 heavy (non-hydrogen) atoms. The average molecular weight is 358 g/mol. The molecule has 130 valence electrons. The molecule has 0 saturated carbocycles. The van der Waals surface area contributed by atoms with Crippen LogP contribution in [0.4, 0.5) is 0 Å². The number of carbonyl (C=O) groups is 2. The zero-order valence-corrected chi connectivity index (χ0v) is 15.1. The van der Waals surface area contributed by atoms with E-state index in [1.54, 1.807) is 11.1 Å². The maximum absolute atomic E-state index is 11.3. The largest absolute Gasteiger partial charge is 0.323 e. The van der Waals surface area contributed by atoms with Gasteiger partial charge in [-0.25, -0.2) is 4.98 Å². The van der Waals surface area contributed by atoms with Crippen LogP contribution in [0, 0.1) is 12.3 Å². The van der Waals surface area contributed by atoms with E-state index in [4.69, 9.17) is 18.0 Å². The second-order valence-corrected chi connectivity index (χ2v) is 5.99. The Kier molecular flexibility index (Phi) is 6.37. The van der Waals surface area contributed by atoms with E-state index in [1.807, 2.05) is 28.8 Å². The monoisotopic (exact) mass is 357 g/mol. The molecule has 0 spiro atoms. The maximum Gasteiger partial charge on any atom is 0.298 e. The van der Waals surface area contributed by atoms with E-state index < -0.39 is 0 Å². The van der Waals surface area contributed by atoms with E-state index in [0.717, 1.165) is 11.4 Å². The molecular formula is C19H20ClN3O2. The van der Waals surface area contributed by atoms with Gasteiger partial charge in [0.25, 0.3) is 5.91 Å². The number of aromatic nitrogens is 2. The lowest BCUT2D eigenvalue weighted by Crippen LogP contribution is -2.38. The molecule has 0 aliphatic carbocycles. The molecule has 5 nitrogen and oxygen atoms in total. The summed E-state index contributed by atoms with van der Waals surface area (Å²) in [6.45, 7) is 5.06. The summed E-state index contributed by atoms with van der Waals surface area (Å²) >= 11 is 5.82. The van der Waals surface area contributed by atoms with E-state index in [0.29, 0.717) is 31.2 Å². The molecule has 0 atom stereocenters. The standard InChI is InChI=1S/C11H11N3O2.C8H9Cl/c1-3-11(16)13-4-5-14-9(8(2)15)6-12-10(14)7-13;1-2-7-5-3-4-6-8(7)9/h1,6H,4-5,7H2,2H3;3-6H,2H2,1H3. The van der Waals surface area contributed by atoms with Crippen molar-refractivity contribution in [3.05, 3.63) is 52.6 Å². The fourth-order valence-electron chi connectivity index (χ4n) is 2.59. The van der Waals surface area contributed by atoms with E-state index in [2.05, 4.69) is 17.8 Å². The number of aryl methyl sites for hydroxylation is 1. The predicted octanol–water partition coefficient (Wildman–Crippen LogP) is 2.96. The number of fused-ring (bicyclic) bond motifs is 1. The van der Waals surface area contributed by atoms with Crippen LogP contribution in [0.15, 0.2) is 30.5 Å². The SMILES string of the molecule is C#CC(=O)N1CCn2c(C(C)=O)cnc2C1.CCc1ccccc1Cl. The number of amides is 1. The summed E-state index contributed by atoms with van der Waals surface area (Å²) in [5.74, 6) is 2.43. The van der Waals surface area contributed by atoms with Gasteiger partial charge >= 0.3 is 0 Å². The summed E-state index contributed by atoms with van der Waals surface area (Å²) in [4.78, 5) is 28.3. The van der Waals surface area contributed by atoms with Crippen molar-refractivity contribution in [3.63, 3.8) is 0 Å². The number of Topliss-reactive ketones (excluding diaryl/α,β-unsaturated/α-hetero) is 1. The van der Waals surface area contributed by atoms with Gasteiger partial charge in [-0.05, 0) is 24.0 Å². The van der Waals surface area contributed by atoms with Crippen LogP contribution < -0.4 is 0 Å². The molecule has 0 radical (unpaired) electrons. The molecule has 1 amide bonds. The molecule has 3 rings (SSSR count). The zero-order valence-electron chi connectivity index (χ0n) is 14.3. The quantitative estimate of drug-likeness (QED) is 0.613.